The van der Waals surface area contributed by atoms with Crippen LogP contribution in [0.5, 0.6) is 11.5 Å². The van der Waals surface area contributed by atoms with Crippen molar-refractivity contribution in [2.24, 2.45) is 5.92 Å². The molecule has 1 atom stereocenters. The molecule has 1 saturated heterocycles. The Hall–Kier alpha value is -3.94. The Morgan fingerprint density at radius 1 is 1.09 bits per heavy atom. The summed E-state index contributed by atoms with van der Waals surface area (Å²) in [6, 6.07) is 14.4. The molecule has 4 rings (SSSR count). The number of aromatic nitrogens is 1. The molecule has 0 aliphatic carbocycles. The number of likely N-dealkylation sites (tertiary alicyclic amines) is 1. The zero-order chi connectivity index (χ0) is 23.9. The largest absolute Gasteiger partial charge is 0.493 e. The molecule has 3 aromatic rings. The molecule has 1 unspecified atom stereocenters. The van der Waals surface area contributed by atoms with Crippen LogP contribution in [0, 0.1) is 11.7 Å². The predicted octanol–water partition coefficient (Wildman–Crippen LogP) is 4.30. The lowest BCUT2D eigenvalue weighted by Crippen LogP contribution is -2.43. The molecule has 7 nitrogen and oxygen atoms in total. The minimum atomic E-state index is -0.393. The number of rotatable bonds is 7. The van der Waals surface area contributed by atoms with Crippen LogP contribution in [-0.4, -0.2) is 41.9 Å². The van der Waals surface area contributed by atoms with Crippen LogP contribution in [0.2, 0.25) is 0 Å². The highest BCUT2D eigenvalue weighted by Gasteiger charge is 2.29. The first-order valence-electron chi connectivity index (χ1n) is 11.1. The summed E-state index contributed by atoms with van der Waals surface area (Å²) in [6.45, 7) is 1.21. The normalized spacial score (nSPS) is 15.5. The maximum absolute atomic E-state index is 13.2. The fourth-order valence-electron chi connectivity index (χ4n) is 3.90. The molecule has 1 N–H and O–H groups in total. The van der Waals surface area contributed by atoms with E-state index in [1.54, 1.807) is 42.6 Å². The summed E-state index contributed by atoms with van der Waals surface area (Å²) < 4.78 is 24.5. The van der Waals surface area contributed by atoms with Crippen LogP contribution in [0.1, 0.15) is 28.8 Å². The molecule has 1 aliphatic heterocycles. The third kappa shape index (κ3) is 5.70. The van der Waals surface area contributed by atoms with Crippen LogP contribution in [0.15, 0.2) is 67.0 Å². The number of hydrogen-bond acceptors (Lipinski definition) is 5. The van der Waals surface area contributed by atoms with Gasteiger partial charge in [-0.25, -0.2) is 4.39 Å². The first-order valence-corrected chi connectivity index (χ1v) is 11.1. The van der Waals surface area contributed by atoms with E-state index in [4.69, 9.17) is 9.47 Å². The Balaban J connectivity index is 1.40. The molecule has 2 heterocycles. The topological polar surface area (TPSA) is 80.8 Å². The molecule has 1 aliphatic rings. The SMILES string of the molecule is COc1ccc(NC(=O)C2CCCN(C(=O)c3ccc(F)cc3)C2)cc1OCc1ccncc1. The molecule has 2 aromatic carbocycles. The van der Waals surface area contributed by atoms with Crippen LogP contribution >= 0.6 is 0 Å². The van der Waals surface area contributed by atoms with Gasteiger partial charge < -0.3 is 19.7 Å². The standard InChI is InChI=1S/C26H26FN3O4/c1-33-23-9-8-22(15-24(23)34-17-18-10-12-28-13-11-18)29-25(31)20-3-2-14-30(16-20)26(32)19-4-6-21(27)7-5-19/h4-13,15,20H,2-3,14,16-17H2,1H3,(H,29,31). The van der Waals surface area contributed by atoms with E-state index in [0.29, 0.717) is 55.3 Å². The monoisotopic (exact) mass is 463 g/mol. The van der Waals surface area contributed by atoms with E-state index in [9.17, 15) is 14.0 Å². The second kappa shape index (κ2) is 10.8. The van der Waals surface area contributed by atoms with Crippen molar-refractivity contribution >= 4 is 17.5 Å². The first-order chi connectivity index (χ1) is 16.5. The lowest BCUT2D eigenvalue weighted by molar-refractivity contribution is -0.121. The number of benzene rings is 2. The van der Waals surface area contributed by atoms with Gasteiger partial charge in [-0.3, -0.25) is 14.6 Å². The van der Waals surface area contributed by atoms with E-state index in [-0.39, 0.29) is 17.7 Å². The van der Waals surface area contributed by atoms with Crippen LogP contribution in [0.4, 0.5) is 10.1 Å². The summed E-state index contributed by atoms with van der Waals surface area (Å²) in [5, 5.41) is 2.94. The number of hydrogen-bond donors (Lipinski definition) is 1. The van der Waals surface area contributed by atoms with Crippen molar-refractivity contribution in [2.45, 2.75) is 19.4 Å². The van der Waals surface area contributed by atoms with E-state index in [0.717, 1.165) is 5.56 Å². The van der Waals surface area contributed by atoms with E-state index in [2.05, 4.69) is 10.3 Å². The van der Waals surface area contributed by atoms with Gasteiger partial charge in [-0.05, 0) is 66.9 Å². The minimum Gasteiger partial charge on any atom is -0.493 e. The maximum Gasteiger partial charge on any atom is 0.253 e. The number of carbonyl (C=O) groups excluding carboxylic acids is 2. The summed E-state index contributed by atoms with van der Waals surface area (Å²) in [7, 11) is 1.56. The molecule has 0 bridgehead atoms. The summed E-state index contributed by atoms with van der Waals surface area (Å²) in [5.41, 5.74) is 1.95. The van der Waals surface area contributed by atoms with Gasteiger partial charge in [0.25, 0.3) is 5.91 Å². The fraction of sp³-hybridized carbons (Fsp3) is 0.269. The minimum absolute atomic E-state index is 0.165. The molecule has 8 heteroatoms. The number of anilines is 1. The van der Waals surface area contributed by atoms with Crippen LogP contribution in [-0.2, 0) is 11.4 Å². The molecule has 176 valence electrons. The number of carbonyl (C=O) groups is 2. The summed E-state index contributed by atoms with van der Waals surface area (Å²) >= 11 is 0. The van der Waals surface area contributed by atoms with E-state index >= 15 is 0 Å². The Morgan fingerprint density at radius 2 is 1.85 bits per heavy atom. The average molecular weight is 464 g/mol. The fourth-order valence-corrected chi connectivity index (χ4v) is 3.90. The van der Waals surface area contributed by atoms with E-state index in [1.165, 1.54) is 24.3 Å². The zero-order valence-corrected chi connectivity index (χ0v) is 18.9. The highest BCUT2D eigenvalue weighted by atomic mass is 19.1. The third-order valence-electron chi connectivity index (χ3n) is 5.75. The van der Waals surface area contributed by atoms with Gasteiger partial charge >= 0.3 is 0 Å². The molecule has 1 fully saturated rings. The molecule has 2 amide bonds. The quantitative estimate of drug-likeness (QED) is 0.565. The molecule has 34 heavy (non-hydrogen) atoms. The molecular weight excluding hydrogens is 437 g/mol. The zero-order valence-electron chi connectivity index (χ0n) is 18.9. The summed E-state index contributed by atoms with van der Waals surface area (Å²) in [6.07, 6.45) is 4.79. The van der Waals surface area contributed by atoms with Gasteiger partial charge in [-0.2, -0.15) is 0 Å². The van der Waals surface area contributed by atoms with Crippen molar-refractivity contribution < 1.29 is 23.5 Å². The van der Waals surface area contributed by atoms with Gasteiger partial charge in [0.05, 0.1) is 13.0 Å². The van der Waals surface area contributed by atoms with Gasteiger partial charge in [-0.1, -0.05) is 0 Å². The molecule has 0 saturated carbocycles. The van der Waals surface area contributed by atoms with Gasteiger partial charge in [0.2, 0.25) is 5.91 Å². The molecule has 1 aromatic heterocycles. The Morgan fingerprint density at radius 3 is 2.59 bits per heavy atom. The number of nitrogens with one attached hydrogen (secondary N) is 1. The van der Waals surface area contributed by atoms with Crippen molar-refractivity contribution in [3.8, 4) is 11.5 Å². The maximum atomic E-state index is 13.2. The Labute approximate surface area is 197 Å². The van der Waals surface area contributed by atoms with Crippen LogP contribution in [0.25, 0.3) is 0 Å². The van der Waals surface area contributed by atoms with Crippen molar-refractivity contribution in [1.82, 2.24) is 9.88 Å². The molecule has 0 spiro atoms. The second-order valence-electron chi connectivity index (χ2n) is 8.10. The van der Waals surface area contributed by atoms with Crippen molar-refractivity contribution in [2.75, 3.05) is 25.5 Å². The van der Waals surface area contributed by atoms with Crippen LogP contribution in [0.3, 0.4) is 0 Å². The third-order valence-corrected chi connectivity index (χ3v) is 5.75. The van der Waals surface area contributed by atoms with Crippen molar-refractivity contribution in [3.05, 3.63) is 83.9 Å². The molecule has 0 radical (unpaired) electrons. The number of amides is 2. The number of nitrogens with zero attached hydrogens (tertiary/aromatic N) is 2. The van der Waals surface area contributed by atoms with Crippen molar-refractivity contribution in [1.29, 1.82) is 0 Å². The summed E-state index contributed by atoms with van der Waals surface area (Å²) in [5.74, 6) is -0.0391. The highest BCUT2D eigenvalue weighted by molar-refractivity contribution is 5.96. The lowest BCUT2D eigenvalue weighted by Gasteiger charge is -2.32. The lowest BCUT2D eigenvalue weighted by atomic mass is 9.96. The van der Waals surface area contributed by atoms with Gasteiger partial charge in [0.1, 0.15) is 12.4 Å². The second-order valence-corrected chi connectivity index (χ2v) is 8.10. The highest BCUT2D eigenvalue weighted by Crippen LogP contribution is 2.31. The molecular formula is C26H26FN3O4. The smallest absolute Gasteiger partial charge is 0.253 e. The van der Waals surface area contributed by atoms with Gasteiger partial charge in [0, 0.05) is 42.8 Å². The van der Waals surface area contributed by atoms with Crippen LogP contribution < -0.4 is 14.8 Å². The van der Waals surface area contributed by atoms with Gasteiger partial charge in [0.15, 0.2) is 11.5 Å². The number of pyridine rings is 1. The first kappa shape index (κ1) is 23.2. The van der Waals surface area contributed by atoms with E-state index < -0.39 is 5.82 Å². The van der Waals surface area contributed by atoms with Gasteiger partial charge in [-0.15, -0.1) is 0 Å². The van der Waals surface area contributed by atoms with Crippen molar-refractivity contribution in [3.63, 3.8) is 0 Å². The average Bonchev–Trinajstić information content (AvgIpc) is 2.88. The number of piperidine rings is 1. The Bertz CT molecular complexity index is 1140. The summed E-state index contributed by atoms with van der Waals surface area (Å²) in [4.78, 5) is 31.4. The number of methoxy groups -OCH3 is 1. The number of ether oxygens (including phenoxy) is 2. The van der Waals surface area contributed by atoms with E-state index in [1.807, 2.05) is 12.1 Å². The predicted molar refractivity (Wildman–Crippen MR) is 125 cm³/mol. The number of halogens is 1. The Kier molecular flexibility index (Phi) is 7.37.